The highest BCUT2D eigenvalue weighted by Gasteiger charge is 2.28. The van der Waals surface area contributed by atoms with E-state index in [0.717, 1.165) is 0 Å². The zero-order chi connectivity index (χ0) is 19.4. The second kappa shape index (κ2) is 9.67. The predicted octanol–water partition coefficient (Wildman–Crippen LogP) is 3.51. The van der Waals surface area contributed by atoms with Gasteiger partial charge < -0.3 is 15.8 Å². The molecular weight excluding hydrogens is 378 g/mol. The summed E-state index contributed by atoms with van der Waals surface area (Å²) in [6.45, 7) is 4.34. The predicted molar refractivity (Wildman–Crippen MR) is 111 cm³/mol. The average molecular weight is 410 g/mol. The van der Waals surface area contributed by atoms with E-state index in [1.807, 2.05) is 0 Å². The average Bonchev–Trinajstić information content (AvgIpc) is 3.03. The van der Waals surface area contributed by atoms with Crippen LogP contribution in [0.5, 0.6) is 0 Å². The number of nitrogens with zero attached hydrogens (tertiary/aromatic N) is 3. The van der Waals surface area contributed by atoms with Crippen molar-refractivity contribution in [1.29, 1.82) is 0 Å². The molecule has 1 fully saturated rings. The molecule has 1 aliphatic rings. The smallest absolute Gasteiger partial charge is 0.240 e. The van der Waals surface area contributed by atoms with E-state index in [1.165, 1.54) is 32.1 Å². The molecule has 3 N–H and O–H groups in total. The number of halogens is 1. The van der Waals surface area contributed by atoms with Crippen LogP contribution in [-0.2, 0) is 9.53 Å². The van der Waals surface area contributed by atoms with E-state index in [0.29, 0.717) is 35.6 Å². The van der Waals surface area contributed by atoms with Crippen molar-refractivity contribution in [3.63, 3.8) is 0 Å². The third-order valence-electron chi connectivity index (χ3n) is 4.96. The quantitative estimate of drug-likeness (QED) is 0.729. The van der Waals surface area contributed by atoms with Gasteiger partial charge in [0.25, 0.3) is 0 Å². The second-order valence-electron chi connectivity index (χ2n) is 7.92. The molecule has 28 heavy (non-hydrogen) atoms. The number of amides is 1. The Morgan fingerprint density at radius 3 is 2.75 bits per heavy atom. The van der Waals surface area contributed by atoms with Crippen LogP contribution in [-0.4, -0.2) is 39.3 Å². The number of carbonyl (C=O) groups excluding carboxylic acids is 1. The topological polar surface area (TPSA) is 94.5 Å². The van der Waals surface area contributed by atoms with Gasteiger partial charge in [0.15, 0.2) is 11.5 Å². The van der Waals surface area contributed by atoms with E-state index < -0.39 is 11.6 Å². The van der Waals surface area contributed by atoms with Gasteiger partial charge in [0.05, 0.1) is 17.2 Å². The monoisotopic (exact) mass is 409 g/mol. The molecule has 1 amide bonds. The van der Waals surface area contributed by atoms with Crippen LogP contribution in [0.25, 0.3) is 5.65 Å². The van der Waals surface area contributed by atoms with Gasteiger partial charge in [-0.15, -0.1) is 10.2 Å². The number of aromatic nitrogens is 3. The maximum absolute atomic E-state index is 12.5. The van der Waals surface area contributed by atoms with Crippen molar-refractivity contribution in [1.82, 2.24) is 19.9 Å². The van der Waals surface area contributed by atoms with Crippen LogP contribution >= 0.6 is 11.6 Å². The minimum Gasteiger partial charge on any atom is -0.379 e. The Morgan fingerprint density at radius 1 is 1.36 bits per heavy atom. The number of hydrogen-bond donors (Lipinski definition) is 2. The molecular formula is C20H32ClN5O2. The fraction of sp³-hybridized carbons (Fsp3) is 0.650. The van der Waals surface area contributed by atoms with Crippen molar-refractivity contribution in [3.8, 4) is 0 Å². The number of rotatable bonds is 7. The molecule has 0 unspecified atom stereocenters. The fourth-order valence-electron chi connectivity index (χ4n) is 3.35. The summed E-state index contributed by atoms with van der Waals surface area (Å²) >= 11 is 6.12. The van der Waals surface area contributed by atoms with Crippen LogP contribution in [0.3, 0.4) is 0 Å². The summed E-state index contributed by atoms with van der Waals surface area (Å²) in [5, 5.41) is 11.9. The number of nitrogens with two attached hydrogens (primary N) is 1. The lowest BCUT2D eigenvalue weighted by Crippen LogP contribution is -2.51. The highest BCUT2D eigenvalue weighted by molar-refractivity contribution is 6.30. The summed E-state index contributed by atoms with van der Waals surface area (Å²) in [6, 6.07) is 3.08. The summed E-state index contributed by atoms with van der Waals surface area (Å²) < 4.78 is 7.76. The number of hydrogen-bond acceptors (Lipinski definition) is 5. The molecule has 0 aliphatic heterocycles. The van der Waals surface area contributed by atoms with Gasteiger partial charge in [-0.25, -0.2) is 0 Å². The van der Waals surface area contributed by atoms with Crippen molar-refractivity contribution < 1.29 is 9.53 Å². The van der Waals surface area contributed by atoms with Crippen molar-refractivity contribution in [2.75, 3.05) is 13.2 Å². The lowest BCUT2D eigenvalue weighted by molar-refractivity contribution is -0.126. The highest BCUT2D eigenvalue weighted by atomic mass is 35.5. The largest absolute Gasteiger partial charge is 0.379 e. The normalized spacial score (nSPS) is 16.6. The second-order valence-corrected chi connectivity index (χ2v) is 8.36. The number of nitrogens with one attached hydrogen (secondary N) is 1. The summed E-state index contributed by atoms with van der Waals surface area (Å²) in [5.74, 6) is 0.895. The molecule has 156 valence electrons. The van der Waals surface area contributed by atoms with Crippen LogP contribution in [0.15, 0.2) is 18.3 Å². The van der Waals surface area contributed by atoms with Crippen LogP contribution in [0.2, 0.25) is 5.02 Å². The highest BCUT2D eigenvalue weighted by Crippen LogP contribution is 2.24. The summed E-state index contributed by atoms with van der Waals surface area (Å²) in [7, 11) is 0. The van der Waals surface area contributed by atoms with Crippen molar-refractivity contribution in [2.45, 2.75) is 65.0 Å². The summed E-state index contributed by atoms with van der Waals surface area (Å²) in [5.41, 5.74) is 5.61. The first-order valence-electron chi connectivity index (χ1n) is 9.52. The Bertz CT molecular complexity index is 780. The lowest BCUT2D eigenvalue weighted by atomic mass is 9.90. The third-order valence-corrected chi connectivity index (χ3v) is 5.18. The molecule has 0 aromatic carbocycles. The zero-order valence-corrected chi connectivity index (χ0v) is 16.7. The molecule has 2 aromatic rings. The molecule has 0 bridgehead atoms. The Balaban J connectivity index is 0.00000280. The van der Waals surface area contributed by atoms with Gasteiger partial charge in [-0.1, -0.05) is 38.3 Å². The third kappa shape index (κ3) is 5.65. The molecule has 1 saturated carbocycles. The standard InChI is InChI=1S/C19H28ClN5O2.CH4/c1-19(2,21)18(26)22-15(12-27-11-13-6-4-3-5-7-13)17-24-23-16-9-8-14(20)10-25(16)17;/h8-10,13,15H,3-7,11-12,21H2,1-2H3,(H,22,26);1H4/t15-;/m1./s1. The van der Waals surface area contributed by atoms with E-state index in [9.17, 15) is 4.79 Å². The van der Waals surface area contributed by atoms with Crippen molar-refractivity contribution >= 4 is 23.2 Å². The number of pyridine rings is 1. The van der Waals surface area contributed by atoms with Gasteiger partial charge in [0, 0.05) is 12.8 Å². The number of ether oxygens (including phenoxy) is 1. The van der Waals surface area contributed by atoms with Gasteiger partial charge in [-0.05, 0) is 44.7 Å². The van der Waals surface area contributed by atoms with Gasteiger partial charge >= 0.3 is 0 Å². The first-order chi connectivity index (χ1) is 12.8. The zero-order valence-electron chi connectivity index (χ0n) is 15.9. The SMILES string of the molecule is C.CC(C)(N)C(=O)N[C@H](COCC1CCCCC1)c1nnc2ccc(Cl)cn12. The molecule has 1 aliphatic carbocycles. The first-order valence-corrected chi connectivity index (χ1v) is 9.90. The van der Waals surface area contributed by atoms with Gasteiger partial charge in [0.1, 0.15) is 6.04 Å². The molecule has 2 heterocycles. The molecule has 3 rings (SSSR count). The summed E-state index contributed by atoms with van der Waals surface area (Å²) in [4.78, 5) is 12.5. The molecule has 0 spiro atoms. The van der Waals surface area contributed by atoms with Gasteiger partial charge in [0.2, 0.25) is 5.91 Å². The Hall–Kier alpha value is -1.70. The molecule has 2 aromatic heterocycles. The van der Waals surface area contributed by atoms with E-state index >= 15 is 0 Å². The van der Waals surface area contributed by atoms with Gasteiger partial charge in [-0.3, -0.25) is 9.20 Å². The van der Waals surface area contributed by atoms with Gasteiger partial charge in [-0.2, -0.15) is 0 Å². The molecule has 0 saturated heterocycles. The van der Waals surface area contributed by atoms with E-state index in [-0.39, 0.29) is 13.3 Å². The summed E-state index contributed by atoms with van der Waals surface area (Å²) in [6.07, 6.45) is 7.99. The van der Waals surface area contributed by atoms with Crippen LogP contribution in [0, 0.1) is 5.92 Å². The fourth-order valence-corrected chi connectivity index (χ4v) is 3.51. The van der Waals surface area contributed by atoms with Crippen LogP contribution in [0.4, 0.5) is 0 Å². The molecule has 7 nitrogen and oxygen atoms in total. The Morgan fingerprint density at radius 2 is 2.07 bits per heavy atom. The van der Waals surface area contributed by atoms with E-state index in [4.69, 9.17) is 22.1 Å². The number of fused-ring (bicyclic) bond motifs is 1. The maximum Gasteiger partial charge on any atom is 0.240 e. The Kier molecular flexibility index (Phi) is 7.80. The minimum atomic E-state index is -1.00. The van der Waals surface area contributed by atoms with Crippen LogP contribution in [0.1, 0.15) is 65.2 Å². The maximum atomic E-state index is 12.5. The number of carbonyl (C=O) groups is 1. The molecule has 1 atom stereocenters. The van der Waals surface area contributed by atoms with Crippen LogP contribution < -0.4 is 11.1 Å². The van der Waals surface area contributed by atoms with Crippen molar-refractivity contribution in [3.05, 3.63) is 29.2 Å². The van der Waals surface area contributed by atoms with E-state index in [1.54, 1.807) is 36.6 Å². The molecule has 0 radical (unpaired) electrons. The lowest BCUT2D eigenvalue weighted by Gasteiger charge is -2.25. The Labute approximate surface area is 172 Å². The van der Waals surface area contributed by atoms with E-state index in [2.05, 4.69) is 15.5 Å². The minimum absolute atomic E-state index is 0. The van der Waals surface area contributed by atoms with Crippen molar-refractivity contribution in [2.24, 2.45) is 11.7 Å². The molecule has 8 heteroatoms. The first kappa shape index (κ1) is 22.6.